The molecular formula is C20H16ClN3O2S. The van der Waals surface area contributed by atoms with Gasteiger partial charge in [-0.25, -0.2) is 4.98 Å². The lowest BCUT2D eigenvalue weighted by Gasteiger charge is -2.05. The first kappa shape index (κ1) is 17.6. The molecule has 4 rings (SSSR count). The van der Waals surface area contributed by atoms with Crippen LogP contribution in [0.5, 0.6) is 5.75 Å². The highest BCUT2D eigenvalue weighted by Crippen LogP contribution is 2.26. The summed E-state index contributed by atoms with van der Waals surface area (Å²) in [6.07, 6.45) is 2.20. The van der Waals surface area contributed by atoms with Crippen LogP contribution in [-0.2, 0) is 11.2 Å². The Morgan fingerprint density at radius 2 is 2.11 bits per heavy atom. The summed E-state index contributed by atoms with van der Waals surface area (Å²) in [5.41, 5.74) is 3.38. The van der Waals surface area contributed by atoms with Crippen LogP contribution in [0, 0.1) is 0 Å². The van der Waals surface area contributed by atoms with Crippen molar-refractivity contribution >= 4 is 39.5 Å². The number of benzene rings is 2. The molecule has 136 valence electrons. The molecule has 0 saturated heterocycles. The van der Waals surface area contributed by atoms with Crippen molar-refractivity contribution in [3.63, 3.8) is 0 Å². The second-order valence-corrected chi connectivity index (χ2v) is 7.25. The van der Waals surface area contributed by atoms with Gasteiger partial charge in [-0.15, -0.1) is 11.3 Å². The number of nitrogens with one attached hydrogen (secondary N) is 1. The van der Waals surface area contributed by atoms with Crippen LogP contribution in [-0.4, -0.2) is 22.4 Å². The summed E-state index contributed by atoms with van der Waals surface area (Å²) in [6.45, 7) is 0. The quantitative estimate of drug-likeness (QED) is 0.520. The number of imidazole rings is 1. The van der Waals surface area contributed by atoms with Crippen LogP contribution in [0.15, 0.2) is 60.1 Å². The zero-order chi connectivity index (χ0) is 18.8. The summed E-state index contributed by atoms with van der Waals surface area (Å²) >= 11 is 7.47. The smallest absolute Gasteiger partial charge is 0.230 e. The molecule has 0 aliphatic carbocycles. The van der Waals surface area contributed by atoms with Crippen LogP contribution in [0.2, 0.25) is 5.02 Å². The number of nitrogens with zero attached hydrogens (tertiary/aromatic N) is 2. The average Bonchev–Trinajstić information content (AvgIpc) is 3.24. The Balaban J connectivity index is 1.56. The zero-order valence-electron chi connectivity index (χ0n) is 14.5. The van der Waals surface area contributed by atoms with E-state index in [2.05, 4.69) is 10.3 Å². The first-order valence-electron chi connectivity index (χ1n) is 8.28. The molecule has 0 spiro atoms. The van der Waals surface area contributed by atoms with Gasteiger partial charge in [-0.1, -0.05) is 29.8 Å². The van der Waals surface area contributed by atoms with E-state index in [9.17, 15) is 4.79 Å². The summed E-state index contributed by atoms with van der Waals surface area (Å²) in [4.78, 5) is 17.9. The van der Waals surface area contributed by atoms with Gasteiger partial charge in [0, 0.05) is 33.5 Å². The van der Waals surface area contributed by atoms with Gasteiger partial charge in [-0.3, -0.25) is 9.20 Å². The summed E-state index contributed by atoms with van der Waals surface area (Å²) in [7, 11) is 1.64. The summed E-state index contributed by atoms with van der Waals surface area (Å²) in [5, 5.41) is 5.41. The maximum absolute atomic E-state index is 12.4. The minimum absolute atomic E-state index is 0.103. The highest BCUT2D eigenvalue weighted by atomic mass is 35.5. The van der Waals surface area contributed by atoms with E-state index in [4.69, 9.17) is 16.3 Å². The molecule has 4 aromatic rings. The molecule has 27 heavy (non-hydrogen) atoms. The van der Waals surface area contributed by atoms with E-state index in [1.807, 2.05) is 46.3 Å². The topological polar surface area (TPSA) is 55.6 Å². The lowest BCUT2D eigenvalue weighted by Crippen LogP contribution is -2.15. The second-order valence-electron chi connectivity index (χ2n) is 5.97. The number of fused-ring (bicyclic) bond motifs is 1. The fourth-order valence-corrected chi connectivity index (χ4v) is 3.88. The summed E-state index contributed by atoms with van der Waals surface area (Å²) in [5.74, 6) is 0.679. The SMILES string of the molecule is COc1cccc(-c2cn3c(CC(=O)Nc4cccc(Cl)c4)csc3n2)c1. The number of thiazole rings is 1. The van der Waals surface area contributed by atoms with Crippen LogP contribution in [0.1, 0.15) is 5.69 Å². The van der Waals surface area contributed by atoms with Gasteiger partial charge in [0.2, 0.25) is 5.91 Å². The number of anilines is 1. The first-order valence-corrected chi connectivity index (χ1v) is 9.53. The third-order valence-corrected chi connectivity index (χ3v) is 5.22. The number of methoxy groups -OCH3 is 1. The number of aromatic nitrogens is 2. The molecule has 0 aliphatic heterocycles. The highest BCUT2D eigenvalue weighted by molar-refractivity contribution is 7.15. The van der Waals surface area contributed by atoms with E-state index in [0.29, 0.717) is 10.7 Å². The van der Waals surface area contributed by atoms with E-state index in [-0.39, 0.29) is 12.3 Å². The Morgan fingerprint density at radius 3 is 2.93 bits per heavy atom. The predicted molar refractivity (Wildman–Crippen MR) is 109 cm³/mol. The monoisotopic (exact) mass is 397 g/mol. The molecule has 2 aromatic carbocycles. The van der Waals surface area contributed by atoms with Gasteiger partial charge in [0.1, 0.15) is 5.75 Å². The molecule has 2 heterocycles. The molecule has 1 amide bonds. The van der Waals surface area contributed by atoms with Crippen molar-refractivity contribution in [2.24, 2.45) is 0 Å². The minimum atomic E-state index is -0.103. The largest absolute Gasteiger partial charge is 0.497 e. The number of ether oxygens (including phenoxy) is 1. The normalized spacial score (nSPS) is 10.9. The fourth-order valence-electron chi connectivity index (χ4n) is 2.81. The number of halogens is 1. The van der Waals surface area contributed by atoms with Crippen molar-refractivity contribution in [1.82, 2.24) is 9.38 Å². The van der Waals surface area contributed by atoms with Crippen LogP contribution >= 0.6 is 22.9 Å². The Bertz CT molecular complexity index is 1120. The lowest BCUT2D eigenvalue weighted by atomic mass is 10.1. The molecule has 5 nitrogen and oxygen atoms in total. The molecule has 0 fully saturated rings. The van der Waals surface area contributed by atoms with E-state index in [1.165, 1.54) is 11.3 Å². The zero-order valence-corrected chi connectivity index (χ0v) is 16.1. The average molecular weight is 398 g/mol. The molecule has 0 bridgehead atoms. The summed E-state index contributed by atoms with van der Waals surface area (Å²) in [6, 6.07) is 14.9. The molecule has 0 saturated carbocycles. The lowest BCUT2D eigenvalue weighted by molar-refractivity contribution is -0.115. The molecule has 1 N–H and O–H groups in total. The Labute approximate surface area is 165 Å². The third-order valence-electron chi connectivity index (χ3n) is 4.10. The molecule has 0 aliphatic rings. The number of hydrogen-bond donors (Lipinski definition) is 1. The molecule has 0 atom stereocenters. The number of carbonyl (C=O) groups is 1. The number of carbonyl (C=O) groups excluding carboxylic acids is 1. The molecule has 2 aromatic heterocycles. The number of hydrogen-bond acceptors (Lipinski definition) is 4. The van der Waals surface area contributed by atoms with Gasteiger partial charge in [-0.2, -0.15) is 0 Å². The maximum Gasteiger partial charge on any atom is 0.230 e. The van der Waals surface area contributed by atoms with E-state index in [0.717, 1.165) is 27.7 Å². The highest BCUT2D eigenvalue weighted by Gasteiger charge is 2.13. The van der Waals surface area contributed by atoms with E-state index in [1.54, 1.807) is 25.3 Å². The molecule has 0 radical (unpaired) electrons. The van der Waals surface area contributed by atoms with Crippen LogP contribution in [0.25, 0.3) is 16.2 Å². The van der Waals surface area contributed by atoms with Crippen molar-refractivity contribution in [3.05, 3.63) is 70.8 Å². The standard InChI is InChI=1S/C20H16ClN3O2S/c1-26-17-7-2-4-13(8-17)18-11-24-16(12-27-20(24)23-18)10-19(25)22-15-6-3-5-14(21)9-15/h2-9,11-12H,10H2,1H3,(H,22,25). The Kier molecular flexibility index (Phi) is 4.83. The van der Waals surface area contributed by atoms with Gasteiger partial charge in [0.05, 0.1) is 19.2 Å². The van der Waals surface area contributed by atoms with Gasteiger partial charge < -0.3 is 10.1 Å². The third kappa shape index (κ3) is 3.82. The molecule has 7 heteroatoms. The maximum atomic E-state index is 12.4. The fraction of sp³-hybridized carbons (Fsp3) is 0.100. The van der Waals surface area contributed by atoms with E-state index < -0.39 is 0 Å². The minimum Gasteiger partial charge on any atom is -0.497 e. The second kappa shape index (κ2) is 7.42. The Morgan fingerprint density at radius 1 is 1.26 bits per heavy atom. The predicted octanol–water partition coefficient (Wildman–Crippen LogP) is 4.91. The van der Waals surface area contributed by atoms with Gasteiger partial charge in [0.15, 0.2) is 4.96 Å². The van der Waals surface area contributed by atoms with Crippen molar-refractivity contribution in [1.29, 1.82) is 0 Å². The molecular weight excluding hydrogens is 382 g/mol. The van der Waals surface area contributed by atoms with Crippen molar-refractivity contribution in [2.45, 2.75) is 6.42 Å². The summed E-state index contributed by atoms with van der Waals surface area (Å²) < 4.78 is 7.23. The van der Waals surface area contributed by atoms with Gasteiger partial charge >= 0.3 is 0 Å². The van der Waals surface area contributed by atoms with Crippen molar-refractivity contribution in [3.8, 4) is 17.0 Å². The Hall–Kier alpha value is -2.83. The van der Waals surface area contributed by atoms with Crippen LogP contribution in [0.3, 0.4) is 0 Å². The molecule has 0 unspecified atom stereocenters. The number of rotatable bonds is 5. The number of amides is 1. The van der Waals surface area contributed by atoms with Crippen LogP contribution < -0.4 is 10.1 Å². The van der Waals surface area contributed by atoms with Gasteiger partial charge in [0.25, 0.3) is 0 Å². The first-order chi connectivity index (χ1) is 13.1. The van der Waals surface area contributed by atoms with Crippen molar-refractivity contribution in [2.75, 3.05) is 12.4 Å². The van der Waals surface area contributed by atoms with E-state index >= 15 is 0 Å². The van der Waals surface area contributed by atoms with Crippen LogP contribution in [0.4, 0.5) is 5.69 Å². The van der Waals surface area contributed by atoms with Crippen molar-refractivity contribution < 1.29 is 9.53 Å². The van der Waals surface area contributed by atoms with Gasteiger partial charge in [-0.05, 0) is 30.3 Å².